The van der Waals surface area contributed by atoms with Crippen LogP contribution in [-0.2, 0) is 16.1 Å². The second kappa shape index (κ2) is 8.85. The van der Waals surface area contributed by atoms with E-state index in [2.05, 4.69) is 10.1 Å². The molecule has 0 unspecified atom stereocenters. The molecular weight excluding hydrogens is 400 g/mol. The van der Waals surface area contributed by atoms with E-state index in [9.17, 15) is 23.2 Å². The molecule has 0 bridgehead atoms. The minimum absolute atomic E-state index is 0.0135. The molecule has 1 aromatic carbocycles. The summed E-state index contributed by atoms with van der Waals surface area (Å²) in [5.74, 6) is -0.864. The number of ether oxygens (including phenoxy) is 2. The van der Waals surface area contributed by atoms with Crippen molar-refractivity contribution in [3.05, 3.63) is 23.8 Å². The lowest BCUT2D eigenvalue weighted by molar-refractivity contribution is -0.137. The number of nitrogens with zero attached hydrogens (tertiary/aromatic N) is 2. The zero-order chi connectivity index (χ0) is 21.9. The van der Waals surface area contributed by atoms with Gasteiger partial charge in [0.15, 0.2) is 11.5 Å². The van der Waals surface area contributed by atoms with Gasteiger partial charge in [-0.1, -0.05) is 25.3 Å². The van der Waals surface area contributed by atoms with Gasteiger partial charge in [-0.3, -0.25) is 14.5 Å². The fourth-order valence-corrected chi connectivity index (χ4v) is 4.09. The number of methoxy groups -OCH3 is 1. The van der Waals surface area contributed by atoms with Crippen molar-refractivity contribution in [2.45, 2.75) is 50.8 Å². The normalized spacial score (nSPS) is 18.3. The fraction of sp³-hybridized carbons (Fsp3) is 0.550. The highest BCUT2D eigenvalue weighted by Crippen LogP contribution is 2.39. The molecule has 1 aliphatic heterocycles. The van der Waals surface area contributed by atoms with Crippen LogP contribution in [0.15, 0.2) is 18.2 Å². The van der Waals surface area contributed by atoms with Gasteiger partial charge in [-0.25, -0.2) is 4.79 Å². The monoisotopic (exact) mass is 425 g/mol. The van der Waals surface area contributed by atoms with Gasteiger partial charge in [-0.05, 0) is 30.5 Å². The van der Waals surface area contributed by atoms with Crippen LogP contribution < -0.4 is 14.8 Å². The van der Waals surface area contributed by atoms with Crippen molar-refractivity contribution in [1.29, 1.82) is 0 Å². The van der Waals surface area contributed by atoms with Crippen molar-refractivity contribution in [3.8, 4) is 11.5 Å². The maximum absolute atomic E-state index is 12.9. The highest BCUT2D eigenvalue weighted by molar-refractivity contribution is 6.08. The Hall–Kier alpha value is -2.91. The Labute approximate surface area is 173 Å². The summed E-state index contributed by atoms with van der Waals surface area (Å²) < 4.78 is 34.5. The number of hydrogen-bond acceptors (Lipinski definition) is 5. The van der Waals surface area contributed by atoms with E-state index in [1.165, 1.54) is 24.1 Å². The van der Waals surface area contributed by atoms with E-state index in [1.807, 2.05) is 0 Å². The molecule has 0 atom stereocenters. The second-order valence-corrected chi connectivity index (χ2v) is 7.47. The van der Waals surface area contributed by atoms with Crippen molar-refractivity contribution in [2.24, 2.45) is 0 Å². The molecule has 4 amide bonds. The molecule has 164 valence electrons. The lowest BCUT2D eigenvalue weighted by Gasteiger charge is -2.35. The van der Waals surface area contributed by atoms with Crippen LogP contribution in [0, 0.1) is 0 Å². The van der Waals surface area contributed by atoms with Gasteiger partial charge in [0.05, 0.1) is 7.11 Å². The van der Waals surface area contributed by atoms with Crippen LogP contribution in [0.3, 0.4) is 0 Å². The van der Waals surface area contributed by atoms with Gasteiger partial charge in [0, 0.05) is 13.6 Å². The summed E-state index contributed by atoms with van der Waals surface area (Å²) >= 11 is 0. The number of nitrogens with one attached hydrogen (secondary N) is 1. The zero-order valence-corrected chi connectivity index (χ0v) is 17.0. The van der Waals surface area contributed by atoms with Crippen molar-refractivity contribution < 1.29 is 32.6 Å². The molecule has 3 rings (SSSR count). The molecule has 1 saturated heterocycles. The topological polar surface area (TPSA) is 88.2 Å². The van der Waals surface area contributed by atoms with Crippen LogP contribution in [0.5, 0.6) is 11.5 Å². The number of imide groups is 1. The Morgan fingerprint density at radius 1 is 1.20 bits per heavy atom. The standard InChI is InChI=1S/C20H25F2N3O5/c1-24-19(28)25(17(27)20(24)8-4-3-5-9-20)12-16(26)23-11-13-6-7-14(29-2)15(10-13)30-18(21)22/h6-7,10,18H,3-5,8-9,11-12H2,1-2H3,(H,23,26). The molecule has 2 fully saturated rings. The number of hydrogen-bond donors (Lipinski definition) is 1. The van der Waals surface area contributed by atoms with Gasteiger partial charge in [0.2, 0.25) is 5.91 Å². The van der Waals surface area contributed by atoms with Crippen LogP contribution in [0.1, 0.15) is 37.7 Å². The predicted molar refractivity (Wildman–Crippen MR) is 102 cm³/mol. The van der Waals surface area contributed by atoms with Crippen molar-refractivity contribution in [1.82, 2.24) is 15.1 Å². The van der Waals surface area contributed by atoms with E-state index >= 15 is 0 Å². The summed E-state index contributed by atoms with van der Waals surface area (Å²) in [4.78, 5) is 40.3. The molecule has 0 radical (unpaired) electrons. The summed E-state index contributed by atoms with van der Waals surface area (Å²) in [5.41, 5.74) is -0.340. The molecule has 30 heavy (non-hydrogen) atoms. The van der Waals surface area contributed by atoms with Crippen LogP contribution in [0.4, 0.5) is 13.6 Å². The SMILES string of the molecule is COc1ccc(CNC(=O)CN2C(=O)N(C)C3(CCCCC3)C2=O)cc1OC(F)F. The van der Waals surface area contributed by atoms with Crippen molar-refractivity contribution in [3.63, 3.8) is 0 Å². The summed E-state index contributed by atoms with van der Waals surface area (Å²) in [6.45, 7) is -3.39. The van der Waals surface area contributed by atoms with E-state index in [1.54, 1.807) is 13.1 Å². The van der Waals surface area contributed by atoms with Crippen LogP contribution in [0.25, 0.3) is 0 Å². The van der Waals surface area contributed by atoms with Gasteiger partial charge in [0.25, 0.3) is 5.91 Å². The number of benzene rings is 1. The summed E-state index contributed by atoms with van der Waals surface area (Å²) in [7, 11) is 2.93. The van der Waals surface area contributed by atoms with E-state index in [-0.39, 0.29) is 30.5 Å². The van der Waals surface area contributed by atoms with Crippen LogP contribution >= 0.6 is 0 Å². The first-order valence-corrected chi connectivity index (χ1v) is 9.76. The van der Waals surface area contributed by atoms with Gasteiger partial charge in [-0.2, -0.15) is 8.78 Å². The maximum atomic E-state index is 12.9. The van der Waals surface area contributed by atoms with Gasteiger partial charge < -0.3 is 19.7 Å². The maximum Gasteiger partial charge on any atom is 0.387 e. The molecule has 2 aliphatic rings. The predicted octanol–water partition coefficient (Wildman–Crippen LogP) is 2.51. The molecule has 1 heterocycles. The highest BCUT2D eigenvalue weighted by atomic mass is 19.3. The highest BCUT2D eigenvalue weighted by Gasteiger charge is 2.55. The van der Waals surface area contributed by atoms with Gasteiger partial charge >= 0.3 is 12.6 Å². The second-order valence-electron chi connectivity index (χ2n) is 7.47. The smallest absolute Gasteiger partial charge is 0.387 e. The fourth-order valence-electron chi connectivity index (χ4n) is 4.09. The number of halogens is 2. The average Bonchev–Trinajstić information content (AvgIpc) is 2.89. The molecule has 10 heteroatoms. The molecule has 1 spiro atoms. The van der Waals surface area contributed by atoms with Gasteiger partial charge in [-0.15, -0.1) is 0 Å². The number of alkyl halides is 2. The molecule has 1 saturated carbocycles. The molecule has 8 nitrogen and oxygen atoms in total. The first-order valence-electron chi connectivity index (χ1n) is 9.76. The minimum atomic E-state index is -3.01. The number of likely N-dealkylation sites (N-methyl/N-ethyl adjacent to an activating group) is 1. The van der Waals surface area contributed by atoms with Crippen molar-refractivity contribution >= 4 is 17.8 Å². The van der Waals surface area contributed by atoms with E-state index in [0.29, 0.717) is 18.4 Å². The lowest BCUT2D eigenvalue weighted by Crippen LogP contribution is -2.49. The third-order valence-corrected chi connectivity index (χ3v) is 5.72. The average molecular weight is 425 g/mol. The van der Waals surface area contributed by atoms with Gasteiger partial charge in [0.1, 0.15) is 12.1 Å². The summed E-state index contributed by atoms with van der Waals surface area (Å²) in [6, 6.07) is 3.90. The van der Waals surface area contributed by atoms with E-state index in [0.717, 1.165) is 24.2 Å². The van der Waals surface area contributed by atoms with E-state index in [4.69, 9.17) is 4.74 Å². The Morgan fingerprint density at radius 3 is 2.53 bits per heavy atom. The third-order valence-electron chi connectivity index (χ3n) is 5.72. The lowest BCUT2D eigenvalue weighted by atomic mass is 9.81. The summed E-state index contributed by atoms with van der Waals surface area (Å²) in [6.07, 6.45) is 3.96. The zero-order valence-electron chi connectivity index (χ0n) is 17.0. The largest absolute Gasteiger partial charge is 0.493 e. The first-order chi connectivity index (χ1) is 14.3. The number of carbonyl (C=O) groups excluding carboxylic acids is 3. The van der Waals surface area contributed by atoms with E-state index < -0.39 is 24.1 Å². The third kappa shape index (κ3) is 4.17. The Balaban J connectivity index is 1.62. The Kier molecular flexibility index (Phi) is 6.42. The Bertz CT molecular complexity index is 827. The number of amides is 4. The van der Waals surface area contributed by atoms with Crippen LogP contribution in [0.2, 0.25) is 0 Å². The molecule has 1 aliphatic carbocycles. The quantitative estimate of drug-likeness (QED) is 0.679. The Morgan fingerprint density at radius 2 is 1.90 bits per heavy atom. The molecular formula is C20H25F2N3O5. The van der Waals surface area contributed by atoms with Crippen molar-refractivity contribution in [2.75, 3.05) is 20.7 Å². The number of carbonyl (C=O) groups is 3. The number of urea groups is 1. The first kappa shape index (κ1) is 21.8. The molecule has 1 aromatic rings. The van der Waals surface area contributed by atoms with Crippen LogP contribution in [-0.4, -0.2) is 60.5 Å². The summed E-state index contributed by atoms with van der Waals surface area (Å²) in [5, 5.41) is 2.60. The minimum Gasteiger partial charge on any atom is -0.493 e. The number of rotatable bonds is 7. The molecule has 0 aromatic heterocycles. The molecule has 1 N–H and O–H groups in total.